The minimum atomic E-state index is -3.33. The van der Waals surface area contributed by atoms with Gasteiger partial charge in [0.15, 0.2) is 15.6 Å². The molecule has 1 aromatic rings. The van der Waals surface area contributed by atoms with Gasteiger partial charge in [0.25, 0.3) is 0 Å². The molecule has 6 nitrogen and oxygen atoms in total. The quantitative estimate of drug-likeness (QED) is 0.707. The minimum Gasteiger partial charge on any atom is -0.294 e. The summed E-state index contributed by atoms with van der Waals surface area (Å²) in [6.45, 7) is 2.56. The zero-order chi connectivity index (χ0) is 18.1. The van der Waals surface area contributed by atoms with Gasteiger partial charge in [-0.25, -0.2) is 21.1 Å². The van der Waals surface area contributed by atoms with Crippen LogP contribution >= 0.6 is 0 Å². The lowest BCUT2D eigenvalue weighted by molar-refractivity contribution is 0.0897. The third-order valence-corrected chi connectivity index (χ3v) is 6.80. The third-order valence-electron chi connectivity index (χ3n) is 4.44. The zero-order valence-electron chi connectivity index (χ0n) is 14.1. The Balaban J connectivity index is 2.26. The van der Waals surface area contributed by atoms with Gasteiger partial charge in [0.1, 0.15) is 0 Å². The summed E-state index contributed by atoms with van der Waals surface area (Å²) in [6, 6.07) is 5.84. The SMILES string of the molecule is CCC[C@H]1CN(S(C)(=O)=O)CC1C(=O)c1ccc(S(C)(=O)=O)cc1. The molecule has 0 N–H and O–H groups in total. The molecular formula is C16H23NO5S2. The second kappa shape index (κ2) is 6.93. The Morgan fingerprint density at radius 2 is 1.67 bits per heavy atom. The number of hydrogen-bond donors (Lipinski definition) is 0. The fourth-order valence-electron chi connectivity index (χ4n) is 3.14. The Bertz CT molecular complexity index is 813. The smallest absolute Gasteiger partial charge is 0.211 e. The molecule has 2 rings (SSSR count). The molecule has 1 saturated heterocycles. The maximum atomic E-state index is 12.8. The first-order valence-corrected chi connectivity index (χ1v) is 11.6. The highest BCUT2D eigenvalue weighted by Gasteiger charge is 2.40. The highest BCUT2D eigenvalue weighted by molar-refractivity contribution is 7.90. The summed E-state index contributed by atoms with van der Waals surface area (Å²) >= 11 is 0. The fourth-order valence-corrected chi connectivity index (χ4v) is 4.67. The number of carbonyl (C=O) groups excluding carboxylic acids is 1. The molecule has 1 aliphatic heterocycles. The van der Waals surface area contributed by atoms with Crippen LogP contribution in [-0.2, 0) is 19.9 Å². The Labute approximate surface area is 143 Å². The lowest BCUT2D eigenvalue weighted by atomic mass is 9.86. The van der Waals surface area contributed by atoms with Gasteiger partial charge in [0.2, 0.25) is 10.0 Å². The normalized spacial score (nSPS) is 22.6. The van der Waals surface area contributed by atoms with Crippen molar-refractivity contribution >= 4 is 25.6 Å². The van der Waals surface area contributed by atoms with Crippen LogP contribution in [0.25, 0.3) is 0 Å². The minimum absolute atomic E-state index is 0.00758. The van der Waals surface area contributed by atoms with Gasteiger partial charge in [-0.05, 0) is 24.5 Å². The van der Waals surface area contributed by atoms with E-state index in [2.05, 4.69) is 0 Å². The number of rotatable bonds is 6. The molecule has 134 valence electrons. The molecule has 1 fully saturated rings. The van der Waals surface area contributed by atoms with Gasteiger partial charge in [-0.3, -0.25) is 4.79 Å². The molecular weight excluding hydrogens is 350 g/mol. The van der Waals surface area contributed by atoms with Gasteiger partial charge in [-0.1, -0.05) is 25.5 Å². The van der Waals surface area contributed by atoms with Crippen molar-refractivity contribution in [2.24, 2.45) is 11.8 Å². The monoisotopic (exact) mass is 373 g/mol. The van der Waals surface area contributed by atoms with E-state index in [1.54, 1.807) is 0 Å². The number of sulfonamides is 1. The number of hydrogen-bond acceptors (Lipinski definition) is 5. The molecule has 1 aromatic carbocycles. The van der Waals surface area contributed by atoms with E-state index < -0.39 is 19.9 Å². The number of benzene rings is 1. The Morgan fingerprint density at radius 3 is 2.12 bits per heavy atom. The van der Waals surface area contributed by atoms with Crippen molar-refractivity contribution in [3.05, 3.63) is 29.8 Å². The van der Waals surface area contributed by atoms with Crippen LogP contribution in [0.15, 0.2) is 29.2 Å². The van der Waals surface area contributed by atoms with Gasteiger partial charge in [-0.2, -0.15) is 0 Å². The summed E-state index contributed by atoms with van der Waals surface area (Å²) in [4.78, 5) is 13.0. The van der Waals surface area contributed by atoms with Crippen LogP contribution < -0.4 is 0 Å². The Kier molecular flexibility index (Phi) is 5.51. The third kappa shape index (κ3) is 4.23. The average Bonchev–Trinajstić information content (AvgIpc) is 2.90. The first kappa shape index (κ1) is 19.1. The molecule has 0 spiro atoms. The highest BCUT2D eigenvalue weighted by Crippen LogP contribution is 2.31. The number of ketones is 1. The van der Waals surface area contributed by atoms with Crippen molar-refractivity contribution in [1.29, 1.82) is 0 Å². The van der Waals surface area contributed by atoms with Crippen molar-refractivity contribution in [2.75, 3.05) is 25.6 Å². The second-order valence-corrected chi connectivity index (χ2v) is 10.4. The van der Waals surface area contributed by atoms with E-state index in [9.17, 15) is 21.6 Å². The number of sulfone groups is 1. The van der Waals surface area contributed by atoms with Crippen LogP contribution in [0.5, 0.6) is 0 Å². The maximum absolute atomic E-state index is 12.8. The molecule has 0 bridgehead atoms. The predicted octanol–water partition coefficient (Wildman–Crippen LogP) is 1.58. The van der Waals surface area contributed by atoms with Crippen LogP contribution in [0.4, 0.5) is 0 Å². The molecule has 1 aliphatic rings. The van der Waals surface area contributed by atoms with E-state index >= 15 is 0 Å². The molecule has 0 aromatic heterocycles. The fraction of sp³-hybridized carbons (Fsp3) is 0.562. The molecule has 1 unspecified atom stereocenters. The second-order valence-electron chi connectivity index (χ2n) is 6.40. The molecule has 0 amide bonds. The number of nitrogens with zero attached hydrogens (tertiary/aromatic N) is 1. The van der Waals surface area contributed by atoms with Crippen LogP contribution in [0.3, 0.4) is 0 Å². The zero-order valence-corrected chi connectivity index (χ0v) is 15.7. The molecule has 0 saturated carbocycles. The van der Waals surface area contributed by atoms with Gasteiger partial charge < -0.3 is 0 Å². The van der Waals surface area contributed by atoms with Gasteiger partial charge >= 0.3 is 0 Å². The van der Waals surface area contributed by atoms with Gasteiger partial charge in [-0.15, -0.1) is 0 Å². The lowest BCUT2D eigenvalue weighted by Gasteiger charge is -2.16. The van der Waals surface area contributed by atoms with Crippen LogP contribution in [-0.4, -0.2) is 52.5 Å². The molecule has 1 heterocycles. The number of carbonyl (C=O) groups is 1. The first-order valence-electron chi connectivity index (χ1n) is 7.83. The van der Waals surface area contributed by atoms with E-state index in [0.717, 1.165) is 25.4 Å². The Morgan fingerprint density at radius 1 is 1.08 bits per heavy atom. The molecule has 0 aliphatic carbocycles. The topological polar surface area (TPSA) is 88.6 Å². The standard InChI is InChI=1S/C16H23NO5S2/c1-4-5-13-10-17(24(3,21)22)11-15(13)16(18)12-6-8-14(9-7-12)23(2,19)20/h6-9,13,15H,4-5,10-11H2,1-3H3/t13-,15?/m0/s1. The maximum Gasteiger partial charge on any atom is 0.211 e. The number of Topliss-reactive ketones (excluding diaryl/α,β-unsaturated/α-hetero) is 1. The van der Waals surface area contributed by atoms with Crippen molar-refractivity contribution in [3.8, 4) is 0 Å². The van der Waals surface area contributed by atoms with E-state index in [0.29, 0.717) is 12.1 Å². The first-order chi connectivity index (χ1) is 11.0. The highest BCUT2D eigenvalue weighted by atomic mass is 32.2. The summed E-state index contributed by atoms with van der Waals surface area (Å²) in [7, 11) is -6.64. The largest absolute Gasteiger partial charge is 0.294 e. The van der Waals surface area contributed by atoms with Crippen molar-refractivity contribution in [1.82, 2.24) is 4.31 Å². The predicted molar refractivity (Wildman–Crippen MR) is 92.2 cm³/mol. The summed E-state index contributed by atoms with van der Waals surface area (Å²) in [6.07, 6.45) is 3.93. The van der Waals surface area contributed by atoms with Gasteiger partial charge in [0, 0.05) is 30.8 Å². The summed E-state index contributed by atoms with van der Waals surface area (Å²) < 4.78 is 47.9. The van der Waals surface area contributed by atoms with E-state index in [1.807, 2.05) is 6.92 Å². The van der Waals surface area contributed by atoms with Crippen LogP contribution in [0.2, 0.25) is 0 Å². The summed E-state index contributed by atoms with van der Waals surface area (Å²) in [5.41, 5.74) is 0.420. The summed E-state index contributed by atoms with van der Waals surface area (Å²) in [5.74, 6) is -0.518. The van der Waals surface area contributed by atoms with Gasteiger partial charge in [0.05, 0.1) is 11.2 Å². The van der Waals surface area contributed by atoms with Crippen LogP contribution in [0.1, 0.15) is 30.1 Å². The Hall–Kier alpha value is -1.25. The van der Waals surface area contributed by atoms with E-state index in [4.69, 9.17) is 0 Å². The van der Waals surface area contributed by atoms with E-state index in [1.165, 1.54) is 28.6 Å². The van der Waals surface area contributed by atoms with E-state index in [-0.39, 0.29) is 29.1 Å². The van der Waals surface area contributed by atoms with Crippen LogP contribution in [0, 0.1) is 11.8 Å². The lowest BCUT2D eigenvalue weighted by Crippen LogP contribution is -2.28. The van der Waals surface area contributed by atoms with Crippen molar-refractivity contribution < 1.29 is 21.6 Å². The molecule has 2 atom stereocenters. The summed E-state index contributed by atoms with van der Waals surface area (Å²) in [5, 5.41) is 0. The molecule has 0 radical (unpaired) electrons. The average molecular weight is 373 g/mol. The van der Waals surface area contributed by atoms with Crippen molar-refractivity contribution in [3.63, 3.8) is 0 Å². The molecule has 8 heteroatoms. The van der Waals surface area contributed by atoms with Crippen molar-refractivity contribution in [2.45, 2.75) is 24.7 Å². The molecule has 24 heavy (non-hydrogen) atoms.